The molecule has 8 aromatic heterocycles. The molecule has 0 spiro atoms. The predicted molar refractivity (Wildman–Crippen MR) is 549 cm³/mol. The van der Waals surface area contributed by atoms with Crippen LogP contribution in [0.15, 0.2) is 49.1 Å². The van der Waals surface area contributed by atoms with E-state index >= 15 is 0 Å². The summed E-state index contributed by atoms with van der Waals surface area (Å²) in [7, 11) is 0. The lowest BCUT2D eigenvalue weighted by atomic mass is 9.79. The van der Waals surface area contributed by atoms with Crippen molar-refractivity contribution in [3.63, 3.8) is 0 Å². The summed E-state index contributed by atoms with van der Waals surface area (Å²) in [6.45, 7) is 22.3. The number of nitrogens with one attached hydrogen (secondary N) is 8. The van der Waals surface area contributed by atoms with Gasteiger partial charge >= 0.3 is 6.18 Å². The third kappa shape index (κ3) is 32.1. The summed E-state index contributed by atoms with van der Waals surface area (Å²) in [4.78, 5) is 147. The van der Waals surface area contributed by atoms with Crippen LogP contribution in [0.1, 0.15) is 307 Å². The maximum Gasteiger partial charge on any atom is 0.419 e. The zero-order valence-corrected chi connectivity index (χ0v) is 89.4. The standard InChI is InChI=1S/C27H37F2N5O3S.C25H30F5N5O3S.C25H32F3N5O3S.C25H33F2N5O3S/c1-17-15-20(32-18-7-5-4-6-8-18)31-16-19(17)22-21(25(36)34-13-10-27(28,29)11-14-34)33-24(38-22)23(35)30-12-9-26(2,3)37;1-23(2,38)12-32-20(36)21-34-17(22(37)35-6-4-14(26)5-7-35)18(39-21)13-8-16(25(28,29)30)19(31-11-13)33-15-9-24(3,27)10-15;1-14-10-18(31-16-4-7-25(27,28)11-16)29-12-17(14)20-19(23(35)33-8-5-15(26)6-9-33)32-22(37-20)21(34)30-13-24(2,3)36;1-14-9-18(30-16-10-25(4,27)11-16)28-12-17(14)20-19(23(34)32-7-5-15(26)6-8-32)31-22(36-20)21(33)29-13-24(2,3)35/h15-16,18,37H,4-14H2,1-3H3,(H,30,35)(H,31,32);8,11,14-15,38H,4-7,9-10,12H2,1-3H3,(H,31,33)(H,32,36);10,12,15-16,36H,4-9,11,13H2,1-3H3,(H,29,31)(H,30,34);9,12,15-16,35H,5-8,10-11,13H2,1-4H3,(H,28,30)(H,29,33). The number of aromatic nitrogens is 8. The zero-order valence-electron chi connectivity index (χ0n) is 86.1. The van der Waals surface area contributed by atoms with Crippen molar-refractivity contribution in [1.82, 2.24) is 80.7 Å². The number of anilines is 4. The van der Waals surface area contributed by atoms with E-state index in [1.807, 2.05) is 32.9 Å². The number of carbonyl (C=O) groups is 8. The first-order chi connectivity index (χ1) is 70.1. The molecular weight excluding hydrogens is 2050 g/mol. The first kappa shape index (κ1) is 116. The minimum Gasteiger partial charge on any atom is -0.390 e. The molecule has 8 fully saturated rings. The molecule has 12 heterocycles. The fourth-order valence-corrected chi connectivity index (χ4v) is 22.4. The molecule has 32 nitrogen and oxygen atoms in total. The molecule has 4 aliphatic carbocycles. The van der Waals surface area contributed by atoms with Gasteiger partial charge in [0, 0.05) is 201 Å². The second kappa shape index (κ2) is 47.8. The Bertz CT molecular complexity index is 6120. The third-order valence-corrected chi connectivity index (χ3v) is 31.1. The Hall–Kier alpha value is -10.9. The molecule has 150 heavy (non-hydrogen) atoms. The summed E-state index contributed by atoms with van der Waals surface area (Å²) < 4.78 is 165. The van der Waals surface area contributed by atoms with Crippen LogP contribution in [-0.2, 0) is 6.18 Å². The van der Waals surface area contributed by atoms with Crippen molar-refractivity contribution in [1.29, 1.82) is 0 Å². The van der Waals surface area contributed by atoms with Crippen LogP contribution >= 0.6 is 45.3 Å². The van der Waals surface area contributed by atoms with Crippen LogP contribution in [0, 0.1) is 20.8 Å². The number of pyridine rings is 4. The number of likely N-dealkylation sites (tertiary alicyclic amines) is 4. The predicted octanol–water partition coefficient (Wildman–Crippen LogP) is 17.7. The van der Waals surface area contributed by atoms with Gasteiger partial charge in [0.1, 0.15) is 75.9 Å². The fourth-order valence-electron chi connectivity index (χ4n) is 18.3. The fraction of sp³-hybridized carbons (Fsp3) is 0.608. The van der Waals surface area contributed by atoms with E-state index in [1.54, 1.807) is 78.0 Å². The highest BCUT2D eigenvalue weighted by Gasteiger charge is 2.47. The highest BCUT2D eigenvalue weighted by Crippen LogP contribution is 2.47. The summed E-state index contributed by atoms with van der Waals surface area (Å²) in [5, 5.41) is 62.8. The molecule has 0 radical (unpaired) electrons. The van der Waals surface area contributed by atoms with Gasteiger partial charge in [-0.25, -0.2) is 79.4 Å². The van der Waals surface area contributed by atoms with Crippen LogP contribution < -0.4 is 42.5 Å². The van der Waals surface area contributed by atoms with E-state index < -0.39 is 142 Å². The van der Waals surface area contributed by atoms with E-state index in [4.69, 9.17) is 0 Å². The van der Waals surface area contributed by atoms with Crippen LogP contribution in [0.4, 0.5) is 76.0 Å². The lowest BCUT2D eigenvalue weighted by Crippen LogP contribution is -2.45. The van der Waals surface area contributed by atoms with Crippen LogP contribution in [0.5, 0.6) is 0 Å². The molecule has 4 saturated carbocycles. The highest BCUT2D eigenvalue weighted by molar-refractivity contribution is 7.18. The molecule has 4 saturated heterocycles. The molecule has 48 heteroatoms. The third-order valence-electron chi connectivity index (χ3n) is 26.7. The first-order valence-electron chi connectivity index (χ1n) is 50.4. The van der Waals surface area contributed by atoms with Crippen molar-refractivity contribution in [2.45, 2.75) is 319 Å². The SMILES string of the molecule is CC(C)(O)CNC(=O)c1nc(C(=O)N2CCC(F)CC2)c(-c2cnc(NC3CC(C)(F)C3)c(C(F)(F)F)c2)s1.Cc1cc(NC2CC(C)(F)C2)ncc1-c1sc(C(=O)NCC(C)(C)O)nc1C(=O)N1CCC(F)CC1.Cc1cc(NC2CCC(F)(F)C2)ncc1-c1sc(C(=O)NCC(C)(C)O)nc1C(=O)N1CCC(F)CC1.Cc1cc(NC2CCCCC2)ncc1-c1sc(C(=O)NCCC(C)(C)O)nc1C(=O)N1CCC(F)(F)CC1. The van der Waals surface area contributed by atoms with Crippen LogP contribution in [-0.4, -0.2) is 294 Å². The number of piperidine rings is 4. The molecule has 16 rings (SSSR count). The second-order valence-corrected chi connectivity index (χ2v) is 47.2. The molecular formula is C102H132F12N20O12S4. The lowest BCUT2D eigenvalue weighted by Gasteiger charge is -2.39. The molecule has 0 aromatic carbocycles. The van der Waals surface area contributed by atoms with E-state index in [1.165, 1.54) is 54.7 Å². The van der Waals surface area contributed by atoms with E-state index in [9.17, 15) is 111 Å². The molecule has 8 aromatic rings. The lowest BCUT2D eigenvalue weighted by molar-refractivity contribution is -0.137. The summed E-state index contributed by atoms with van der Waals surface area (Å²) in [6.07, 6.45) is 5.77. The van der Waals surface area contributed by atoms with Crippen LogP contribution in [0.25, 0.3) is 41.8 Å². The summed E-state index contributed by atoms with van der Waals surface area (Å²) in [5.41, 5.74) is -3.81. The van der Waals surface area contributed by atoms with Crippen molar-refractivity contribution in [2.75, 3.05) is 99.8 Å². The number of halogens is 12. The molecule has 8 aliphatic rings. The number of hydrogen-bond donors (Lipinski definition) is 12. The molecule has 1 atom stereocenters. The summed E-state index contributed by atoms with van der Waals surface area (Å²) >= 11 is 3.91. The quantitative estimate of drug-likeness (QED) is 0.0194. The van der Waals surface area contributed by atoms with Gasteiger partial charge in [-0.2, -0.15) is 13.2 Å². The molecule has 1 unspecified atom stereocenters. The van der Waals surface area contributed by atoms with Gasteiger partial charge in [0.05, 0.1) is 47.5 Å². The number of aryl methyl sites for hydroxylation is 3. The van der Waals surface area contributed by atoms with Gasteiger partial charge in [-0.05, 0) is 195 Å². The van der Waals surface area contributed by atoms with Crippen molar-refractivity contribution >= 4 is 116 Å². The van der Waals surface area contributed by atoms with Crippen molar-refractivity contribution in [2.24, 2.45) is 0 Å². The van der Waals surface area contributed by atoms with Crippen molar-refractivity contribution < 1.29 is 111 Å². The number of aliphatic hydroxyl groups is 4. The Labute approximate surface area is 878 Å². The van der Waals surface area contributed by atoms with Gasteiger partial charge in [0.15, 0.2) is 20.0 Å². The zero-order chi connectivity index (χ0) is 109. The number of amides is 8. The number of alkyl halides is 12. The molecule has 4 aliphatic heterocycles. The van der Waals surface area contributed by atoms with E-state index in [0.29, 0.717) is 86.0 Å². The number of nitrogens with zero attached hydrogens (tertiary/aromatic N) is 12. The van der Waals surface area contributed by atoms with E-state index in [2.05, 4.69) is 82.4 Å². The molecule has 12 N–H and O–H groups in total. The van der Waals surface area contributed by atoms with Crippen LogP contribution in [0.2, 0.25) is 0 Å². The van der Waals surface area contributed by atoms with Gasteiger partial charge in [-0.1, -0.05) is 19.3 Å². The van der Waals surface area contributed by atoms with Gasteiger partial charge in [0.2, 0.25) is 5.92 Å². The molecule has 820 valence electrons. The highest BCUT2D eigenvalue weighted by atomic mass is 32.1. The van der Waals surface area contributed by atoms with Gasteiger partial charge < -0.3 is 82.6 Å². The second-order valence-electron chi connectivity index (χ2n) is 43.2. The molecule has 8 amide bonds. The minimum atomic E-state index is -4.82. The average molecular weight is 2190 g/mol. The number of carbonyl (C=O) groups excluding carboxylic acids is 8. The average Bonchev–Trinajstić information content (AvgIpc) is 1.48. The first-order valence-corrected chi connectivity index (χ1v) is 53.7. The largest absolute Gasteiger partial charge is 0.419 e. The maximum atomic E-state index is 14.0. The topological polar surface area (TPSA) is 430 Å². The van der Waals surface area contributed by atoms with Gasteiger partial charge in [-0.3, -0.25) is 38.4 Å². The van der Waals surface area contributed by atoms with Crippen molar-refractivity contribution in [3.05, 3.63) is 114 Å². The van der Waals surface area contributed by atoms with Crippen molar-refractivity contribution in [3.8, 4) is 41.8 Å². The van der Waals surface area contributed by atoms with Crippen LogP contribution in [0.3, 0.4) is 0 Å². The number of hydrogen-bond acceptors (Lipinski definition) is 28. The smallest absolute Gasteiger partial charge is 0.390 e. The number of rotatable bonds is 29. The Balaban J connectivity index is 0.000000167. The Morgan fingerprint density at radius 2 is 0.707 bits per heavy atom. The molecule has 0 bridgehead atoms. The van der Waals surface area contributed by atoms with E-state index in [-0.39, 0.29) is 214 Å². The Kier molecular flexibility index (Phi) is 37.0. The normalized spacial score (nSPS) is 20.9. The summed E-state index contributed by atoms with van der Waals surface area (Å²) in [5.74, 6) is -8.13. The summed E-state index contributed by atoms with van der Waals surface area (Å²) in [6, 6.07) is 5.83. The maximum absolute atomic E-state index is 14.0. The van der Waals surface area contributed by atoms with Gasteiger partial charge in [-0.15, -0.1) is 45.3 Å². The Morgan fingerprint density at radius 1 is 0.380 bits per heavy atom. The minimum absolute atomic E-state index is 0.000285. The van der Waals surface area contributed by atoms with E-state index in [0.717, 1.165) is 81.6 Å². The number of thiazole rings is 4. The monoisotopic (exact) mass is 2180 g/mol. The van der Waals surface area contributed by atoms with Gasteiger partial charge in [0.25, 0.3) is 53.2 Å². The Morgan fingerprint density at radius 3 is 1.03 bits per heavy atom.